The molecule has 0 heterocycles. The van der Waals surface area contributed by atoms with Gasteiger partial charge in [0.1, 0.15) is 7.15 Å². The SMILES string of the molecule is C=C(C)C(=O)OCCc1ccc([SH]=[PH](O)O)cc1. The predicted molar refractivity (Wildman–Crippen MR) is 75.7 cm³/mol. The molecule has 6 heteroatoms. The Labute approximate surface area is 110 Å². The average molecular weight is 288 g/mol. The van der Waals surface area contributed by atoms with Crippen LogP contribution in [0.25, 0.3) is 0 Å². The summed E-state index contributed by atoms with van der Waals surface area (Å²) >= 11 is 0. The van der Waals surface area contributed by atoms with Gasteiger partial charge in [-0.3, -0.25) is 0 Å². The molecule has 1 aromatic rings. The highest BCUT2D eigenvalue weighted by molar-refractivity contribution is 8.11. The Bertz CT molecular complexity index is 463. The van der Waals surface area contributed by atoms with Gasteiger partial charge >= 0.3 is 5.97 Å². The maximum Gasteiger partial charge on any atom is 0.333 e. The van der Waals surface area contributed by atoms with Crippen molar-refractivity contribution in [1.29, 1.82) is 0 Å². The first-order valence-corrected chi connectivity index (χ1v) is 8.50. The highest BCUT2D eigenvalue weighted by atomic mass is 32.5. The number of hydrogen-bond donors (Lipinski definition) is 3. The Kier molecular flexibility index (Phi) is 6.36. The second kappa shape index (κ2) is 7.54. The molecule has 1 aromatic carbocycles. The van der Waals surface area contributed by atoms with Crippen LogP contribution in [-0.4, -0.2) is 22.4 Å². The molecule has 0 spiro atoms. The lowest BCUT2D eigenvalue weighted by Crippen LogP contribution is -2.07. The van der Waals surface area contributed by atoms with Crippen molar-refractivity contribution in [2.45, 2.75) is 18.2 Å². The molecule has 4 nitrogen and oxygen atoms in total. The molecule has 0 aromatic heterocycles. The molecule has 18 heavy (non-hydrogen) atoms. The number of rotatable bonds is 5. The maximum absolute atomic E-state index is 11.1. The molecule has 0 aliphatic carbocycles. The number of esters is 1. The van der Waals surface area contributed by atoms with Crippen molar-refractivity contribution in [3.8, 4) is 0 Å². The predicted octanol–water partition coefficient (Wildman–Crippen LogP) is 1.47. The van der Waals surface area contributed by atoms with Crippen LogP contribution in [0.1, 0.15) is 12.5 Å². The molecule has 0 atom stereocenters. The van der Waals surface area contributed by atoms with E-state index in [1.54, 1.807) is 6.92 Å². The van der Waals surface area contributed by atoms with Gasteiger partial charge in [-0.15, -0.1) is 10.9 Å². The van der Waals surface area contributed by atoms with E-state index in [4.69, 9.17) is 14.5 Å². The van der Waals surface area contributed by atoms with Crippen LogP contribution < -0.4 is 0 Å². The zero-order valence-corrected chi connectivity index (χ0v) is 12.0. The Morgan fingerprint density at radius 1 is 1.39 bits per heavy atom. The summed E-state index contributed by atoms with van der Waals surface area (Å²) in [5.41, 5.74) is 1.43. The van der Waals surface area contributed by atoms with Gasteiger partial charge in [-0.25, -0.2) is 4.79 Å². The van der Waals surface area contributed by atoms with Crippen LogP contribution in [0.15, 0.2) is 41.3 Å². The fourth-order valence-electron chi connectivity index (χ4n) is 1.24. The third-order valence-corrected chi connectivity index (χ3v) is 4.27. The highest BCUT2D eigenvalue weighted by Gasteiger charge is 2.02. The molecule has 1 rings (SSSR count). The smallest absolute Gasteiger partial charge is 0.333 e. The van der Waals surface area contributed by atoms with Crippen LogP contribution in [0, 0.1) is 0 Å². The number of carbonyl (C=O) groups is 1. The summed E-state index contributed by atoms with van der Waals surface area (Å²) in [6, 6.07) is 7.46. The molecule has 0 radical (unpaired) electrons. The molecule has 0 unspecified atom stereocenters. The minimum atomic E-state index is -2.24. The Morgan fingerprint density at radius 3 is 2.50 bits per heavy atom. The number of carbonyl (C=O) groups excluding carboxylic acids is 1. The molecule has 0 saturated heterocycles. The minimum Gasteiger partial charge on any atom is -0.462 e. The first kappa shape index (κ1) is 15.2. The van der Waals surface area contributed by atoms with Gasteiger partial charge in [0.25, 0.3) is 0 Å². The molecule has 0 bridgehead atoms. The first-order chi connectivity index (χ1) is 8.49. The number of ether oxygens (including phenoxy) is 1. The van der Waals surface area contributed by atoms with E-state index in [9.17, 15) is 4.79 Å². The molecule has 2 N–H and O–H groups in total. The van der Waals surface area contributed by atoms with Crippen molar-refractivity contribution >= 4 is 24.1 Å². The summed E-state index contributed by atoms with van der Waals surface area (Å²) in [5, 5.41) is 0. The molecular formula is C12H17O4PS. The van der Waals surface area contributed by atoms with Crippen molar-refractivity contribution in [2.24, 2.45) is 0 Å². The van der Waals surface area contributed by atoms with E-state index >= 15 is 0 Å². The van der Waals surface area contributed by atoms with Crippen LogP contribution in [-0.2, 0) is 26.9 Å². The van der Waals surface area contributed by atoms with E-state index in [0.717, 1.165) is 10.5 Å². The van der Waals surface area contributed by atoms with Gasteiger partial charge in [-0.05, 0) is 24.6 Å². The number of hydrogen-bond acceptors (Lipinski definition) is 2. The third kappa shape index (κ3) is 5.65. The van der Waals surface area contributed by atoms with Gasteiger partial charge < -0.3 is 14.5 Å². The van der Waals surface area contributed by atoms with E-state index in [1.807, 2.05) is 24.3 Å². The molecular weight excluding hydrogens is 271 g/mol. The topological polar surface area (TPSA) is 66.8 Å². The van der Waals surface area contributed by atoms with Crippen molar-refractivity contribution in [3.63, 3.8) is 0 Å². The van der Waals surface area contributed by atoms with Gasteiger partial charge in [-0.2, -0.15) is 0 Å². The summed E-state index contributed by atoms with van der Waals surface area (Å²) in [5.74, 6) is -0.377. The van der Waals surface area contributed by atoms with Crippen molar-refractivity contribution in [2.75, 3.05) is 6.61 Å². The molecule has 100 valence electrons. The van der Waals surface area contributed by atoms with E-state index in [1.165, 1.54) is 0 Å². The van der Waals surface area contributed by atoms with E-state index < -0.39 is 7.15 Å². The average Bonchev–Trinajstić information content (AvgIpc) is 2.30. The Morgan fingerprint density at radius 2 is 2.00 bits per heavy atom. The summed E-state index contributed by atoms with van der Waals surface area (Å²) in [6.45, 7) is 5.43. The zero-order chi connectivity index (χ0) is 13.5. The number of thiol groups is 1. The molecule has 0 fully saturated rings. The molecule has 0 aliphatic heterocycles. The van der Waals surface area contributed by atoms with Crippen LogP contribution >= 0.6 is 7.15 Å². The summed E-state index contributed by atoms with van der Waals surface area (Å²) < 4.78 is 4.99. The van der Waals surface area contributed by atoms with Gasteiger partial charge in [0.15, 0.2) is 0 Å². The second-order valence-electron chi connectivity index (χ2n) is 3.74. The van der Waals surface area contributed by atoms with Crippen LogP contribution in [0.5, 0.6) is 0 Å². The fraction of sp³-hybridized carbons (Fsp3) is 0.250. The van der Waals surface area contributed by atoms with E-state index in [2.05, 4.69) is 6.58 Å². The van der Waals surface area contributed by atoms with Gasteiger partial charge in [0.05, 0.1) is 6.61 Å². The summed E-state index contributed by atoms with van der Waals surface area (Å²) in [6.07, 6.45) is 0.631. The standard InChI is InChI=1S/C12H17O4PS/c1-9(2)12(13)16-8-7-10-3-5-11(6-4-10)18-17(14)15/h3-6,14-15,17-18H,1,7-8H2,2H3. The van der Waals surface area contributed by atoms with Gasteiger partial charge in [0, 0.05) is 16.9 Å². The first-order valence-electron chi connectivity index (χ1n) is 5.37. The summed E-state index contributed by atoms with van der Waals surface area (Å²) in [7, 11) is -1.68. The minimum absolute atomic E-state index is 0.317. The van der Waals surface area contributed by atoms with Crippen LogP contribution in [0.2, 0.25) is 0 Å². The van der Waals surface area contributed by atoms with Crippen LogP contribution in [0.3, 0.4) is 0 Å². The highest BCUT2D eigenvalue weighted by Crippen LogP contribution is 2.15. The monoisotopic (exact) mass is 288 g/mol. The van der Waals surface area contributed by atoms with Gasteiger partial charge in [0.2, 0.25) is 0 Å². The lowest BCUT2D eigenvalue weighted by molar-refractivity contribution is -0.138. The van der Waals surface area contributed by atoms with Crippen LogP contribution in [0.4, 0.5) is 0 Å². The fourth-order valence-corrected chi connectivity index (χ4v) is 2.91. The van der Waals surface area contributed by atoms with E-state index in [-0.39, 0.29) is 5.97 Å². The normalized spacial score (nSPS) is 10.4. The molecule has 0 aliphatic rings. The number of benzene rings is 1. The lowest BCUT2D eigenvalue weighted by Gasteiger charge is -2.05. The maximum atomic E-state index is 11.1. The largest absolute Gasteiger partial charge is 0.462 e. The van der Waals surface area contributed by atoms with Crippen molar-refractivity contribution < 1.29 is 19.3 Å². The van der Waals surface area contributed by atoms with Gasteiger partial charge in [-0.1, -0.05) is 18.7 Å². The Balaban J connectivity index is 2.47. The molecule has 0 amide bonds. The zero-order valence-electron chi connectivity index (χ0n) is 10.1. The lowest BCUT2D eigenvalue weighted by atomic mass is 10.2. The second-order valence-corrected chi connectivity index (χ2v) is 6.96. The van der Waals surface area contributed by atoms with Crippen molar-refractivity contribution in [1.82, 2.24) is 0 Å². The molecule has 0 saturated carbocycles. The quantitative estimate of drug-likeness (QED) is 0.332. The van der Waals surface area contributed by atoms with Crippen molar-refractivity contribution in [3.05, 3.63) is 42.0 Å². The van der Waals surface area contributed by atoms with E-state index in [0.29, 0.717) is 29.5 Å². The summed E-state index contributed by atoms with van der Waals surface area (Å²) in [4.78, 5) is 29.8. The Hall–Kier alpha value is -0.870. The third-order valence-electron chi connectivity index (χ3n) is 2.14.